The number of rotatable bonds is 4. The molecule has 6 rings (SSSR count). The van der Waals surface area contributed by atoms with E-state index < -0.39 is 0 Å². The number of aromatic amines is 1. The second kappa shape index (κ2) is 7.94. The molecule has 5 heteroatoms. The molecule has 0 aliphatic carbocycles. The van der Waals surface area contributed by atoms with Gasteiger partial charge in [0.05, 0.1) is 5.69 Å². The van der Waals surface area contributed by atoms with E-state index in [2.05, 4.69) is 47.4 Å². The van der Waals surface area contributed by atoms with E-state index in [-0.39, 0.29) is 5.56 Å². The number of nitrogens with one attached hydrogen (secondary N) is 1. The predicted molar refractivity (Wildman–Crippen MR) is 137 cm³/mol. The number of hydrogen-bond donors (Lipinski definition) is 1. The minimum Gasteiger partial charge on any atom is -0.349 e. The fourth-order valence-electron chi connectivity index (χ4n) is 4.43. The lowest BCUT2D eigenvalue weighted by Gasteiger charge is -2.14. The van der Waals surface area contributed by atoms with E-state index in [4.69, 9.17) is 4.98 Å². The Morgan fingerprint density at radius 2 is 1.58 bits per heavy atom. The van der Waals surface area contributed by atoms with Gasteiger partial charge in [-0.25, -0.2) is 4.98 Å². The second-order valence-electron chi connectivity index (χ2n) is 8.14. The molecule has 0 saturated heterocycles. The Morgan fingerprint density at radius 3 is 2.45 bits per heavy atom. The summed E-state index contributed by atoms with van der Waals surface area (Å²) < 4.78 is 1.75. The van der Waals surface area contributed by atoms with Crippen molar-refractivity contribution < 1.29 is 0 Å². The minimum absolute atomic E-state index is 0.0779. The molecule has 0 atom stereocenters. The average molecular weight is 448 g/mol. The first-order valence-electron chi connectivity index (χ1n) is 10.9. The van der Waals surface area contributed by atoms with E-state index in [1.54, 1.807) is 16.3 Å². The number of para-hydroxylation sites is 2. The van der Waals surface area contributed by atoms with Crippen LogP contribution in [0.1, 0.15) is 11.1 Å². The minimum atomic E-state index is -0.0779. The van der Waals surface area contributed by atoms with Crippen LogP contribution in [0.25, 0.3) is 38.4 Å². The average Bonchev–Trinajstić information content (AvgIpc) is 3.23. The molecular weight excluding hydrogens is 426 g/mol. The van der Waals surface area contributed by atoms with Gasteiger partial charge in [0.25, 0.3) is 5.56 Å². The highest BCUT2D eigenvalue weighted by atomic mass is 32.2. The van der Waals surface area contributed by atoms with Crippen LogP contribution in [0.5, 0.6) is 0 Å². The molecule has 160 valence electrons. The molecule has 4 nitrogen and oxygen atoms in total. The summed E-state index contributed by atoms with van der Waals surface area (Å²) in [6.45, 7) is 2.02. The highest BCUT2D eigenvalue weighted by Gasteiger charge is 2.18. The zero-order chi connectivity index (χ0) is 22.4. The SMILES string of the molecule is Cc1ccccc1-n1c(SCc2cccc3ccccc23)nc2c([nH]c3ccccc32)c1=O. The van der Waals surface area contributed by atoms with Crippen molar-refractivity contribution >= 4 is 44.5 Å². The Bertz CT molecular complexity index is 1710. The van der Waals surface area contributed by atoms with Crippen molar-refractivity contribution in [3.05, 3.63) is 112 Å². The van der Waals surface area contributed by atoms with Crippen molar-refractivity contribution in [3.63, 3.8) is 0 Å². The lowest BCUT2D eigenvalue weighted by Crippen LogP contribution is -2.22. The molecule has 6 aromatic rings. The molecule has 0 spiro atoms. The third-order valence-electron chi connectivity index (χ3n) is 6.09. The van der Waals surface area contributed by atoms with Crippen LogP contribution in [0.15, 0.2) is 101 Å². The Hall–Kier alpha value is -3.83. The number of nitrogens with zero attached hydrogens (tertiary/aromatic N) is 2. The van der Waals surface area contributed by atoms with Crippen LogP contribution in [0, 0.1) is 6.92 Å². The molecular formula is C28H21N3OS. The van der Waals surface area contributed by atoms with Gasteiger partial charge in [-0.15, -0.1) is 0 Å². The molecule has 0 saturated carbocycles. The first-order chi connectivity index (χ1) is 16.2. The van der Waals surface area contributed by atoms with Crippen LogP contribution >= 0.6 is 11.8 Å². The van der Waals surface area contributed by atoms with Crippen LogP contribution < -0.4 is 5.56 Å². The first-order valence-corrected chi connectivity index (χ1v) is 11.9. The molecule has 2 heterocycles. The number of aryl methyl sites for hydroxylation is 1. The zero-order valence-corrected chi connectivity index (χ0v) is 18.9. The molecule has 0 fully saturated rings. The van der Waals surface area contributed by atoms with E-state index in [9.17, 15) is 4.79 Å². The van der Waals surface area contributed by atoms with Gasteiger partial charge in [-0.2, -0.15) is 0 Å². The van der Waals surface area contributed by atoms with Crippen LogP contribution in [0.2, 0.25) is 0 Å². The predicted octanol–water partition coefficient (Wildman–Crippen LogP) is 6.62. The van der Waals surface area contributed by atoms with Gasteiger partial charge in [0.2, 0.25) is 0 Å². The third-order valence-corrected chi connectivity index (χ3v) is 7.07. The number of benzene rings is 4. The molecule has 33 heavy (non-hydrogen) atoms. The van der Waals surface area contributed by atoms with Crippen LogP contribution in [-0.2, 0) is 5.75 Å². The summed E-state index contributed by atoms with van der Waals surface area (Å²) in [4.78, 5) is 22.1. The Labute approximate surface area is 194 Å². The highest BCUT2D eigenvalue weighted by Crippen LogP contribution is 2.30. The van der Waals surface area contributed by atoms with Gasteiger partial charge < -0.3 is 4.98 Å². The summed E-state index contributed by atoms with van der Waals surface area (Å²) in [7, 11) is 0. The topological polar surface area (TPSA) is 50.7 Å². The number of thioether (sulfide) groups is 1. The molecule has 0 unspecified atom stereocenters. The number of H-pyrrole nitrogens is 1. The van der Waals surface area contributed by atoms with Gasteiger partial charge in [0.1, 0.15) is 11.0 Å². The molecule has 0 aliphatic rings. The standard InChI is InChI=1S/C28H21N3OS/c1-18-9-2-7-16-24(18)31-27(32)26-25(22-14-5-6-15-23(22)29-26)30-28(31)33-17-20-12-8-11-19-10-3-4-13-21(19)20/h2-16,29H,17H2,1H3. The lowest BCUT2D eigenvalue weighted by molar-refractivity contribution is 0.813. The number of fused-ring (bicyclic) bond motifs is 4. The Morgan fingerprint density at radius 1 is 0.848 bits per heavy atom. The van der Waals surface area contributed by atoms with Gasteiger partial charge in [-0.3, -0.25) is 9.36 Å². The molecule has 0 bridgehead atoms. The van der Waals surface area contributed by atoms with Gasteiger partial charge >= 0.3 is 0 Å². The van der Waals surface area contributed by atoms with E-state index in [1.165, 1.54) is 16.3 Å². The molecule has 1 N–H and O–H groups in total. The summed E-state index contributed by atoms with van der Waals surface area (Å²) in [5.74, 6) is 0.716. The van der Waals surface area contributed by atoms with Crippen molar-refractivity contribution in [1.82, 2.24) is 14.5 Å². The quantitative estimate of drug-likeness (QED) is 0.244. The highest BCUT2D eigenvalue weighted by molar-refractivity contribution is 7.98. The molecule has 0 radical (unpaired) electrons. The summed E-state index contributed by atoms with van der Waals surface area (Å²) >= 11 is 1.60. The summed E-state index contributed by atoms with van der Waals surface area (Å²) in [5.41, 5.74) is 5.22. The molecule has 2 aromatic heterocycles. The molecule has 0 aliphatic heterocycles. The monoisotopic (exact) mass is 447 g/mol. The van der Waals surface area contributed by atoms with Gasteiger partial charge in [0, 0.05) is 16.7 Å². The van der Waals surface area contributed by atoms with Crippen molar-refractivity contribution in [2.45, 2.75) is 17.8 Å². The number of hydrogen-bond acceptors (Lipinski definition) is 3. The van der Waals surface area contributed by atoms with Crippen molar-refractivity contribution in [2.24, 2.45) is 0 Å². The Balaban J connectivity index is 1.56. The van der Waals surface area contributed by atoms with Crippen molar-refractivity contribution in [1.29, 1.82) is 0 Å². The smallest absolute Gasteiger partial charge is 0.283 e. The van der Waals surface area contributed by atoms with Crippen LogP contribution in [0.3, 0.4) is 0 Å². The zero-order valence-electron chi connectivity index (χ0n) is 18.1. The summed E-state index contributed by atoms with van der Waals surface area (Å²) in [6, 6.07) is 30.7. The second-order valence-corrected chi connectivity index (χ2v) is 9.09. The maximum atomic E-state index is 13.8. The fraction of sp³-hybridized carbons (Fsp3) is 0.0714. The summed E-state index contributed by atoms with van der Waals surface area (Å²) in [5, 5.41) is 4.10. The summed E-state index contributed by atoms with van der Waals surface area (Å²) in [6.07, 6.45) is 0. The lowest BCUT2D eigenvalue weighted by atomic mass is 10.1. The van der Waals surface area contributed by atoms with E-state index in [0.717, 1.165) is 27.7 Å². The van der Waals surface area contributed by atoms with Gasteiger partial charge in [-0.1, -0.05) is 90.6 Å². The molecule has 0 amide bonds. The maximum absolute atomic E-state index is 13.8. The van der Waals surface area contributed by atoms with Crippen molar-refractivity contribution in [3.8, 4) is 5.69 Å². The van der Waals surface area contributed by atoms with E-state index in [1.807, 2.05) is 55.5 Å². The normalized spacial score (nSPS) is 11.5. The third kappa shape index (κ3) is 3.33. The maximum Gasteiger partial charge on any atom is 0.283 e. The Kier molecular flexibility index (Phi) is 4.77. The largest absolute Gasteiger partial charge is 0.349 e. The van der Waals surface area contributed by atoms with E-state index in [0.29, 0.717) is 16.4 Å². The van der Waals surface area contributed by atoms with Crippen molar-refractivity contribution in [2.75, 3.05) is 0 Å². The molecule has 4 aromatic carbocycles. The van der Waals surface area contributed by atoms with E-state index >= 15 is 0 Å². The van der Waals surface area contributed by atoms with Gasteiger partial charge in [-0.05, 0) is 41.0 Å². The van der Waals surface area contributed by atoms with Crippen LogP contribution in [-0.4, -0.2) is 14.5 Å². The van der Waals surface area contributed by atoms with Crippen LogP contribution in [0.4, 0.5) is 0 Å². The number of aromatic nitrogens is 3. The fourth-order valence-corrected chi connectivity index (χ4v) is 5.43. The van der Waals surface area contributed by atoms with Gasteiger partial charge in [0.15, 0.2) is 5.16 Å². The first kappa shape index (κ1) is 19.8.